The van der Waals surface area contributed by atoms with E-state index in [0.717, 1.165) is 66.6 Å². The molecular weight excluding hydrogens is 1860 g/mol. The first-order valence-electron chi connectivity index (χ1n) is 44.1. The highest BCUT2D eigenvalue weighted by Crippen LogP contribution is 2.39. The van der Waals surface area contributed by atoms with Gasteiger partial charge in [-0.25, -0.2) is 87.1 Å². The Morgan fingerprint density at radius 1 is 0.417 bits per heavy atom. The van der Waals surface area contributed by atoms with E-state index >= 15 is 0 Å². The minimum absolute atomic E-state index is 0.00403. The van der Waals surface area contributed by atoms with Gasteiger partial charge in [-0.3, -0.25) is 19.2 Å². The van der Waals surface area contributed by atoms with Gasteiger partial charge in [-0.05, 0) is 195 Å². The summed E-state index contributed by atoms with van der Waals surface area (Å²) in [4.78, 5) is 156. The predicted octanol–water partition coefficient (Wildman–Crippen LogP) is 13.9. The van der Waals surface area contributed by atoms with Crippen LogP contribution in [0.4, 0.5) is 71.9 Å². The van der Waals surface area contributed by atoms with Gasteiger partial charge in [0.1, 0.15) is 62.8 Å². The average Bonchev–Trinajstić information content (AvgIpc) is 0.804. The lowest BCUT2D eigenvalue weighted by atomic mass is 10.00. The first kappa shape index (κ1) is 117. The zero-order valence-corrected chi connectivity index (χ0v) is 80.9. The summed E-state index contributed by atoms with van der Waals surface area (Å²) in [6, 6.07) is 24.5. The van der Waals surface area contributed by atoms with Crippen LogP contribution in [0.2, 0.25) is 0 Å². The Hall–Kier alpha value is -12.1. The number of halogens is 12. The van der Waals surface area contributed by atoms with Crippen molar-refractivity contribution in [1.82, 2.24) is 48.8 Å². The normalized spacial score (nSPS) is 20.0. The Morgan fingerprint density at radius 2 is 0.770 bits per heavy atom. The maximum absolute atomic E-state index is 14.7. The number of ketones is 1. The minimum Gasteiger partial charge on any atom is -0.465 e. The molecule has 139 heavy (non-hydrogen) atoms. The number of hydrogen-bond donors (Lipinski definition) is 3. The molecule has 6 aliphatic heterocycles. The van der Waals surface area contributed by atoms with E-state index in [1.54, 1.807) is 90.1 Å². The number of alkyl halides is 12. The third kappa shape index (κ3) is 36.6. The summed E-state index contributed by atoms with van der Waals surface area (Å²) in [5, 5.41) is 5.49. The van der Waals surface area contributed by atoms with E-state index in [0.29, 0.717) is 19.6 Å². The number of benzene rings is 2. The van der Waals surface area contributed by atoms with E-state index in [1.165, 1.54) is 91.0 Å². The molecule has 45 heteroatoms. The van der Waals surface area contributed by atoms with Crippen molar-refractivity contribution in [3.63, 3.8) is 0 Å². The molecule has 0 spiro atoms. The summed E-state index contributed by atoms with van der Waals surface area (Å²) in [5.41, 5.74) is 0.854. The van der Waals surface area contributed by atoms with Gasteiger partial charge in [0, 0.05) is 64.3 Å². The lowest BCUT2D eigenvalue weighted by molar-refractivity contribution is -0.150. The summed E-state index contributed by atoms with van der Waals surface area (Å²) >= 11 is 0. The highest BCUT2D eigenvalue weighted by atomic mass is 19.3. The van der Waals surface area contributed by atoms with Gasteiger partial charge >= 0.3 is 59.8 Å². The molecule has 10 heterocycles. The topological polar surface area (TPSA) is 390 Å². The molecule has 0 aliphatic carbocycles. The van der Waals surface area contributed by atoms with Crippen molar-refractivity contribution in [3.8, 4) is 0 Å². The molecule has 2 aromatic carbocycles. The quantitative estimate of drug-likeness (QED) is 0.0616. The van der Waals surface area contributed by atoms with Crippen molar-refractivity contribution in [3.05, 3.63) is 209 Å². The maximum Gasteiger partial charge on any atom is 0.410 e. The van der Waals surface area contributed by atoms with Crippen molar-refractivity contribution < 1.29 is 138 Å². The van der Waals surface area contributed by atoms with Gasteiger partial charge in [0.2, 0.25) is 5.78 Å². The molecular formula is C94H125F12N11O22. The monoisotopic (exact) mass is 1990 g/mol. The fourth-order valence-corrected chi connectivity index (χ4v) is 14.0. The van der Waals surface area contributed by atoms with Gasteiger partial charge in [-0.1, -0.05) is 67.6 Å². The molecule has 4 N–H and O–H groups in total. The van der Waals surface area contributed by atoms with Crippen LogP contribution in [0.15, 0.2) is 158 Å². The molecule has 0 bridgehead atoms. The number of nitrogens with one attached hydrogen (secondary N) is 2. The lowest BCUT2D eigenvalue weighted by Gasteiger charge is -2.39. The number of aromatic nitrogens is 3. The number of amides is 4. The molecule has 6 aliphatic rings. The molecule has 0 radical (unpaired) electrons. The van der Waals surface area contributed by atoms with Crippen LogP contribution < -0.4 is 38.7 Å². The number of aryl methyl sites for hydroxylation is 1. The van der Waals surface area contributed by atoms with Crippen LogP contribution in [0.25, 0.3) is 0 Å². The molecule has 4 amide bonds. The Balaban J connectivity index is 0.000000285. The van der Waals surface area contributed by atoms with Crippen LogP contribution in [0, 0.1) is 0 Å². The lowest BCUT2D eigenvalue weighted by Crippen LogP contribution is -2.58. The van der Waals surface area contributed by atoms with Gasteiger partial charge in [-0.2, -0.15) is 8.78 Å². The van der Waals surface area contributed by atoms with Gasteiger partial charge in [-0.15, -0.1) is 0 Å². The van der Waals surface area contributed by atoms with Crippen molar-refractivity contribution in [1.29, 1.82) is 0 Å². The number of rotatable bonds is 11. The summed E-state index contributed by atoms with van der Waals surface area (Å²) in [5.74, 6) is -23.2. The first-order chi connectivity index (χ1) is 64.4. The highest BCUT2D eigenvalue weighted by Gasteiger charge is 2.52. The van der Waals surface area contributed by atoms with Crippen molar-refractivity contribution >= 4 is 54.0 Å². The van der Waals surface area contributed by atoms with Crippen LogP contribution in [0.5, 0.6) is 0 Å². The predicted molar refractivity (Wildman–Crippen MR) is 484 cm³/mol. The smallest absolute Gasteiger partial charge is 0.410 e. The number of esters is 4. The van der Waals surface area contributed by atoms with E-state index in [-0.39, 0.29) is 87.0 Å². The number of nitrogens with two attached hydrogens (primary N) is 1. The van der Waals surface area contributed by atoms with Crippen molar-refractivity contribution in [2.45, 2.75) is 230 Å². The second-order valence-electron chi connectivity index (χ2n) is 36.7. The number of likely N-dealkylation sites (tertiary alicyclic amines) is 5. The Labute approximate surface area is 796 Å². The number of Topliss-reactive ketones (excluding diaryl/α,β-unsaturated/α-hetero) is 1. The zero-order valence-electron chi connectivity index (χ0n) is 80.9. The van der Waals surface area contributed by atoms with E-state index in [9.17, 15) is 115 Å². The van der Waals surface area contributed by atoms with Crippen molar-refractivity contribution in [2.75, 3.05) is 114 Å². The third-order valence-corrected chi connectivity index (χ3v) is 21.0. The number of hydrogen-bond acceptors (Lipinski definition) is 26. The molecule has 33 nitrogen and oxygen atoms in total. The number of piperidine rings is 6. The Kier molecular flexibility index (Phi) is 42.8. The molecule has 4 aromatic heterocycles. The number of pyridine rings is 3. The van der Waals surface area contributed by atoms with Crippen LogP contribution in [0.1, 0.15) is 199 Å². The molecule has 5 unspecified atom stereocenters. The summed E-state index contributed by atoms with van der Waals surface area (Å²) in [6.45, 7) is 20.1. The maximum atomic E-state index is 14.7. The van der Waals surface area contributed by atoms with Crippen LogP contribution in [-0.4, -0.2) is 276 Å². The highest BCUT2D eigenvalue weighted by molar-refractivity contribution is 5.91. The van der Waals surface area contributed by atoms with E-state index in [4.69, 9.17) is 24.7 Å². The molecule has 772 valence electrons. The molecule has 0 saturated carbocycles. The van der Waals surface area contributed by atoms with Crippen LogP contribution in [-0.2, 0) is 55.7 Å². The molecule has 12 rings (SSSR count). The first-order valence-corrected chi connectivity index (χ1v) is 44.1. The number of ether oxygens (including phenoxy) is 8. The summed E-state index contributed by atoms with van der Waals surface area (Å²) in [6.07, 6.45) is 3.16. The number of carbonyl (C=O) groups excluding carboxylic acids is 9. The van der Waals surface area contributed by atoms with Gasteiger partial charge in [0.15, 0.2) is 0 Å². The minimum atomic E-state index is -3.45. The largest absolute Gasteiger partial charge is 0.465 e. The second kappa shape index (κ2) is 50.6. The fraction of sp³-hybridized carbons (Fsp3) is 0.564. The molecule has 6 fully saturated rings. The van der Waals surface area contributed by atoms with E-state index in [1.807, 2.05) is 36.4 Å². The van der Waals surface area contributed by atoms with E-state index < -0.39 is 204 Å². The molecule has 5 atom stereocenters. The Bertz CT molecular complexity index is 5330. The fourth-order valence-electron chi connectivity index (χ4n) is 14.0. The Morgan fingerprint density at radius 3 is 1.12 bits per heavy atom. The standard InChI is InChI=1S/C17H22F2N2O5.C17H24F2N2O2.C13H16F2N2O3.C12H14F2N2O3.C10H18F2N2O2.C10H15F2NO3.C8H10.C7H6O4/c1-16(2,3)26-15(24)20-9-7-12(17(18,19)10-20)21-8-5-6-11(13(21)22)14(23)25-4;1-16(2,3)23-15(22)21-10-9-14(17(18,19)12-21)20-11-13-7-5-4-6-8-13;1-16-7-5-10(13(14,15)8-16)17-6-3-4-9(11(17)18)12(19)20-2;1-19-11(18)8-3-2-6-16(10(8)17)9-4-5-15-7-12(9,13)14;1-9(2,3)16-8(15)14-5-4-7(13)10(11,12)6-14;1-9(2,3)16-8(15)13-5-4-7(14)10(11,12)6-13;1-2-8-6-4-3-5-7-8;1-10-6(8)5-3-2-4-11-7(5)9/h5-6,8,12H,7,9-10H2,1-4H3;4-8,14,20H,9-12H2,1-3H3;3-4,6,10H,5,7-8H2,1-2H3;2-3,6,9,15H,4-5,7H2,1H3;7H,4-6,13H2,1-3H3;4-6H2,1-3H3;3-7H,2H2,1H3;2-4H,1H3. The van der Waals surface area contributed by atoms with Gasteiger partial charge < -0.3 is 96.9 Å². The van der Waals surface area contributed by atoms with Crippen molar-refractivity contribution in [2.24, 2.45) is 5.73 Å². The average molecular weight is 1990 g/mol. The van der Waals surface area contributed by atoms with Crippen LogP contribution >= 0.6 is 0 Å². The van der Waals surface area contributed by atoms with E-state index in [2.05, 4.69) is 65.2 Å². The number of methoxy groups -OCH3 is 4. The summed E-state index contributed by atoms with van der Waals surface area (Å²) in [7, 11) is 6.20. The van der Waals surface area contributed by atoms with Gasteiger partial charge in [0.05, 0.1) is 86.1 Å². The molecule has 6 aromatic rings. The second-order valence-corrected chi connectivity index (χ2v) is 36.7. The van der Waals surface area contributed by atoms with Gasteiger partial charge in [0.25, 0.3) is 46.3 Å². The summed E-state index contributed by atoms with van der Waals surface area (Å²) < 4.78 is 211. The zero-order chi connectivity index (χ0) is 105. The van der Waals surface area contributed by atoms with Crippen LogP contribution in [0.3, 0.4) is 0 Å². The SMILES string of the molecule is CC(C)(C)OC(=O)N1CCC(=O)C(F)(F)C1.CC(C)(C)OC(=O)N1CCC(N)C(F)(F)C1.CC(C)(C)OC(=O)N1CCC(NCc2ccccc2)C(F)(F)C1.CCc1ccccc1.COC(=O)c1cccn(C2CCN(C(=O)OC(C)(C)C)CC2(F)F)c1=O.COC(=O)c1cccn(C2CCN(C)CC2(F)F)c1=O.COC(=O)c1cccn(C2CCNCC2(F)F)c1=O.COC(=O)c1cccoc1=O. The third-order valence-electron chi connectivity index (χ3n) is 21.0. The number of nitrogens with zero attached hydrogens (tertiary/aromatic N) is 8. The number of carbonyl (C=O) groups is 9. The molecule has 6 saturated heterocycles.